The van der Waals surface area contributed by atoms with Crippen molar-refractivity contribution in [3.05, 3.63) is 174 Å². The minimum atomic E-state index is -0.178. The highest BCUT2D eigenvalue weighted by molar-refractivity contribution is 7.26. The Kier molecular flexibility index (Phi) is 9.55. The summed E-state index contributed by atoms with van der Waals surface area (Å²) in [6, 6.07) is 59.0. The summed E-state index contributed by atoms with van der Waals surface area (Å²) in [6.07, 6.45) is 4.71. The molecule has 14 rings (SSSR count). The first-order chi connectivity index (χ1) is 35.3. The molecule has 10 aromatic rings. The number of para-hydroxylation sites is 1. The summed E-state index contributed by atoms with van der Waals surface area (Å²) in [5, 5.41) is 4.88. The van der Waals surface area contributed by atoms with E-state index in [0.29, 0.717) is 0 Å². The molecule has 1 aliphatic carbocycles. The third-order valence-electron chi connectivity index (χ3n) is 18.3. The fourth-order valence-corrected chi connectivity index (χ4v) is 15.2. The summed E-state index contributed by atoms with van der Waals surface area (Å²) in [5.41, 5.74) is 20.9. The number of nitrogens with zero attached hydrogens (tertiary/aromatic N) is 3. The van der Waals surface area contributed by atoms with Crippen LogP contribution >= 0.6 is 11.3 Å². The molecule has 0 amide bonds. The molecule has 2 aromatic heterocycles. The second-order valence-electron chi connectivity index (χ2n) is 25.7. The van der Waals surface area contributed by atoms with Crippen LogP contribution in [0.2, 0.25) is 0 Å². The lowest BCUT2D eigenvalue weighted by atomic mass is 9.33. The molecular formula is C68H66BN3OS. The van der Waals surface area contributed by atoms with Crippen LogP contribution in [0.4, 0.5) is 45.5 Å². The molecule has 0 saturated heterocycles. The van der Waals surface area contributed by atoms with Crippen molar-refractivity contribution in [2.24, 2.45) is 0 Å². The van der Waals surface area contributed by atoms with Crippen LogP contribution in [0.1, 0.15) is 124 Å². The monoisotopic (exact) mass is 984 g/mol. The Morgan fingerprint density at radius 3 is 1.68 bits per heavy atom. The molecule has 368 valence electrons. The van der Waals surface area contributed by atoms with Crippen LogP contribution in [0, 0.1) is 0 Å². The van der Waals surface area contributed by atoms with Gasteiger partial charge in [-0.15, -0.1) is 11.3 Å². The van der Waals surface area contributed by atoms with E-state index in [9.17, 15) is 0 Å². The zero-order valence-corrected chi connectivity index (χ0v) is 45.8. The summed E-state index contributed by atoms with van der Waals surface area (Å²) < 4.78 is 9.38. The maximum absolute atomic E-state index is 6.76. The normalized spacial score (nSPS) is 19.3. The summed E-state index contributed by atoms with van der Waals surface area (Å²) in [4.78, 5) is 8.18. The molecule has 2 atom stereocenters. The molecule has 1 fully saturated rings. The van der Waals surface area contributed by atoms with E-state index in [4.69, 9.17) is 4.42 Å². The molecule has 2 unspecified atom stereocenters. The van der Waals surface area contributed by atoms with Crippen LogP contribution in [0.15, 0.2) is 156 Å². The highest BCUT2D eigenvalue weighted by Crippen LogP contribution is 2.62. The number of hydrogen-bond donors (Lipinski definition) is 0. The predicted molar refractivity (Wildman–Crippen MR) is 320 cm³/mol. The molecule has 74 heavy (non-hydrogen) atoms. The highest BCUT2D eigenvalue weighted by atomic mass is 32.1. The maximum atomic E-state index is 6.76. The fraction of sp³-hybridized carbons (Fsp3) is 0.294. The van der Waals surface area contributed by atoms with Gasteiger partial charge in [0.25, 0.3) is 6.71 Å². The van der Waals surface area contributed by atoms with Crippen molar-refractivity contribution in [1.29, 1.82) is 0 Å². The zero-order chi connectivity index (χ0) is 51.0. The summed E-state index contributed by atoms with van der Waals surface area (Å²) in [6.45, 7) is 26.4. The van der Waals surface area contributed by atoms with E-state index >= 15 is 0 Å². The Morgan fingerprint density at radius 1 is 0.473 bits per heavy atom. The Morgan fingerprint density at radius 2 is 1.01 bits per heavy atom. The Bertz CT molecular complexity index is 3800. The number of furan rings is 1. The molecule has 1 saturated carbocycles. The second kappa shape index (κ2) is 15.4. The first kappa shape index (κ1) is 45.8. The van der Waals surface area contributed by atoms with Gasteiger partial charge in [0.05, 0.1) is 22.3 Å². The van der Waals surface area contributed by atoms with Crippen LogP contribution in [-0.2, 0) is 21.7 Å². The van der Waals surface area contributed by atoms with Crippen molar-refractivity contribution in [3.63, 3.8) is 0 Å². The van der Waals surface area contributed by atoms with Gasteiger partial charge in [-0.1, -0.05) is 167 Å². The lowest BCUT2D eigenvalue weighted by Gasteiger charge is -2.51. The SMILES string of the molecule is CC(C)(C)c1ccc2c(c1)N(c1cccc3oc4ccccc4c13)c1cc(N3c4ccc(C(C)(C)C)cc4C4(C)CCCCC34C)cc3c1B2c1ccc(C(C)(C)C)cc1N3c1cccc2sc3ccccc3c12. The van der Waals surface area contributed by atoms with E-state index in [1.165, 1.54) is 111 Å². The lowest BCUT2D eigenvalue weighted by molar-refractivity contribution is 0.195. The van der Waals surface area contributed by atoms with Crippen molar-refractivity contribution in [3.8, 4) is 0 Å². The van der Waals surface area contributed by atoms with Crippen molar-refractivity contribution >= 4 is 122 Å². The largest absolute Gasteiger partial charge is 0.456 e. The van der Waals surface area contributed by atoms with Gasteiger partial charge in [-0.2, -0.15) is 0 Å². The van der Waals surface area contributed by atoms with Crippen LogP contribution in [0.5, 0.6) is 0 Å². The van der Waals surface area contributed by atoms with Crippen molar-refractivity contribution in [1.82, 2.24) is 0 Å². The minimum Gasteiger partial charge on any atom is -0.456 e. The number of hydrogen-bond acceptors (Lipinski definition) is 5. The standard InChI is InChI=1S/C68H66BN3OS/c1-64(2,3)41-30-33-50-47(36-41)67(10)34-16-17-35-68(67,11)72(50)44-39-55-63-56(40-44)71(52-23-19-27-60-62(52)46-21-13-15-26-59(46)74-60)54-38-43(66(7,8)9)29-32-49(54)69(63)48-31-28-42(65(4,5)6)37-53(48)70(55)51-22-18-25-58-61(51)45-20-12-14-24-57(45)73-58/h12-15,18-33,36-40H,16-17,34-35H2,1-11H3. The van der Waals surface area contributed by atoms with E-state index < -0.39 is 0 Å². The molecule has 0 N–H and O–H groups in total. The Balaban J connectivity index is 1.16. The van der Waals surface area contributed by atoms with Gasteiger partial charge in [0.2, 0.25) is 0 Å². The molecule has 0 spiro atoms. The van der Waals surface area contributed by atoms with Gasteiger partial charge < -0.3 is 19.1 Å². The minimum absolute atomic E-state index is 0.0274. The first-order valence-electron chi connectivity index (χ1n) is 27.2. The molecule has 5 heterocycles. The first-order valence-corrected chi connectivity index (χ1v) is 28.0. The smallest absolute Gasteiger partial charge is 0.252 e. The van der Waals surface area contributed by atoms with E-state index in [0.717, 1.165) is 40.5 Å². The number of fused-ring (bicyclic) bond motifs is 13. The van der Waals surface area contributed by atoms with Crippen molar-refractivity contribution in [2.45, 2.75) is 129 Å². The van der Waals surface area contributed by atoms with Gasteiger partial charge in [0.1, 0.15) is 11.2 Å². The Labute approximate surface area is 441 Å². The van der Waals surface area contributed by atoms with Crippen molar-refractivity contribution in [2.75, 3.05) is 14.7 Å². The van der Waals surface area contributed by atoms with Gasteiger partial charge in [-0.05, 0) is 141 Å². The number of benzene rings is 8. The van der Waals surface area contributed by atoms with Crippen LogP contribution in [0.3, 0.4) is 0 Å². The predicted octanol–water partition coefficient (Wildman–Crippen LogP) is 17.7. The van der Waals surface area contributed by atoms with E-state index in [1.807, 2.05) is 11.3 Å². The van der Waals surface area contributed by atoms with Gasteiger partial charge >= 0.3 is 0 Å². The lowest BCUT2D eigenvalue weighted by Crippen LogP contribution is -2.61. The topological polar surface area (TPSA) is 22.9 Å². The van der Waals surface area contributed by atoms with Crippen LogP contribution in [0.25, 0.3) is 42.1 Å². The van der Waals surface area contributed by atoms with Gasteiger partial charge in [-0.3, -0.25) is 0 Å². The molecule has 6 heteroatoms. The van der Waals surface area contributed by atoms with Crippen LogP contribution < -0.4 is 31.1 Å². The molecule has 0 bridgehead atoms. The summed E-state index contributed by atoms with van der Waals surface area (Å²) in [7, 11) is 0. The number of thiophene rings is 1. The van der Waals surface area contributed by atoms with Crippen LogP contribution in [-0.4, -0.2) is 12.3 Å². The van der Waals surface area contributed by atoms with E-state index in [-0.39, 0.29) is 33.9 Å². The average Bonchev–Trinajstić information content (AvgIpc) is 4.01. The average molecular weight is 984 g/mol. The number of rotatable bonds is 3. The molecule has 0 radical (unpaired) electrons. The maximum Gasteiger partial charge on any atom is 0.252 e. The fourth-order valence-electron chi connectivity index (χ4n) is 14.0. The van der Waals surface area contributed by atoms with E-state index in [1.54, 1.807) is 0 Å². The Hall–Kier alpha value is -6.76. The summed E-state index contributed by atoms with van der Waals surface area (Å²) in [5.74, 6) is 0. The quantitative estimate of drug-likeness (QED) is 0.165. The van der Waals surface area contributed by atoms with Gasteiger partial charge in [0.15, 0.2) is 0 Å². The number of anilines is 8. The highest BCUT2D eigenvalue weighted by Gasteiger charge is 2.58. The molecule has 3 aliphatic heterocycles. The third kappa shape index (κ3) is 6.33. The summed E-state index contributed by atoms with van der Waals surface area (Å²) >= 11 is 1.90. The molecule has 4 nitrogen and oxygen atoms in total. The zero-order valence-electron chi connectivity index (χ0n) is 45.0. The molecule has 4 aliphatic rings. The van der Waals surface area contributed by atoms with Crippen molar-refractivity contribution < 1.29 is 4.42 Å². The molecular weight excluding hydrogens is 918 g/mol. The second-order valence-corrected chi connectivity index (χ2v) is 26.8. The van der Waals surface area contributed by atoms with Gasteiger partial charge in [0, 0.05) is 65.1 Å². The van der Waals surface area contributed by atoms with E-state index in [2.05, 4.69) is 243 Å². The molecule has 8 aromatic carbocycles. The third-order valence-corrected chi connectivity index (χ3v) is 19.4. The van der Waals surface area contributed by atoms with Gasteiger partial charge in [-0.25, -0.2) is 0 Å².